The molecule has 0 bridgehead atoms. The molecule has 11 heteroatoms. The highest BCUT2D eigenvalue weighted by Crippen LogP contribution is 2.42. The van der Waals surface area contributed by atoms with Crippen LogP contribution in [0.4, 0.5) is 8.78 Å². The fourth-order valence-corrected chi connectivity index (χ4v) is 5.71. The normalized spacial score (nSPS) is 11.5. The molecule has 3 aromatic heterocycles. The molecule has 0 aliphatic heterocycles. The van der Waals surface area contributed by atoms with Crippen LogP contribution in [-0.2, 0) is 19.4 Å². The Hall–Kier alpha value is -3.99. The van der Waals surface area contributed by atoms with Crippen molar-refractivity contribution in [3.8, 4) is 21.9 Å². The number of carbonyl (C=O) groups excluding carboxylic acids is 2. The Morgan fingerprint density at radius 3 is 2.38 bits per heavy atom. The highest BCUT2D eigenvalue weighted by Gasteiger charge is 2.29. The molecule has 222 valence electrons. The summed E-state index contributed by atoms with van der Waals surface area (Å²) >= 11 is 1.18. The van der Waals surface area contributed by atoms with Gasteiger partial charge >= 0.3 is 0 Å². The van der Waals surface area contributed by atoms with Crippen LogP contribution in [0.25, 0.3) is 21.9 Å². The molecule has 1 aromatic carbocycles. The van der Waals surface area contributed by atoms with E-state index in [2.05, 4.69) is 29.4 Å². The van der Waals surface area contributed by atoms with E-state index < -0.39 is 23.4 Å². The first-order chi connectivity index (χ1) is 19.9. The molecule has 4 rings (SSSR count). The summed E-state index contributed by atoms with van der Waals surface area (Å²) in [4.78, 5) is 32.0. The molecule has 8 nitrogen and oxygen atoms in total. The molecular weight excluding hydrogens is 560 g/mol. The predicted octanol–water partition coefficient (Wildman–Crippen LogP) is 6.65. The van der Waals surface area contributed by atoms with Crippen LogP contribution in [0.15, 0.2) is 34.7 Å². The van der Waals surface area contributed by atoms with Crippen LogP contribution in [0, 0.1) is 30.4 Å². The maximum absolute atomic E-state index is 13.6. The summed E-state index contributed by atoms with van der Waals surface area (Å²) < 4.78 is 32.8. The predicted molar refractivity (Wildman–Crippen MR) is 158 cm³/mol. The lowest BCUT2D eigenvalue weighted by atomic mass is 9.91. The van der Waals surface area contributed by atoms with Crippen LogP contribution in [0.3, 0.4) is 0 Å². The molecule has 4 aromatic rings. The zero-order chi connectivity index (χ0) is 30.6. The number of hydrogen-bond acceptors (Lipinski definition) is 7. The Labute approximate surface area is 247 Å². The van der Waals surface area contributed by atoms with Crippen LogP contribution < -0.4 is 11.1 Å². The fourth-order valence-electron chi connectivity index (χ4n) is 4.73. The van der Waals surface area contributed by atoms with Gasteiger partial charge in [-0.1, -0.05) is 40.2 Å². The quantitative estimate of drug-likeness (QED) is 0.189. The number of nitrogens with zero attached hydrogens (tertiary/aromatic N) is 3. The number of primary amides is 1. The van der Waals surface area contributed by atoms with Gasteiger partial charge in [0.15, 0.2) is 11.6 Å². The zero-order valence-electron chi connectivity index (χ0n) is 24.4. The lowest BCUT2D eigenvalue weighted by Crippen LogP contribution is -2.21. The Morgan fingerprint density at radius 2 is 1.76 bits per heavy atom. The molecule has 0 saturated heterocycles. The molecule has 0 radical (unpaired) electrons. The number of nitrogens with two attached hydrogens (primary N) is 1. The van der Waals surface area contributed by atoms with E-state index in [-0.39, 0.29) is 23.9 Å². The van der Waals surface area contributed by atoms with E-state index in [1.165, 1.54) is 17.4 Å². The third-order valence-corrected chi connectivity index (χ3v) is 7.74. The van der Waals surface area contributed by atoms with E-state index >= 15 is 0 Å². The summed E-state index contributed by atoms with van der Waals surface area (Å²) in [6.45, 7) is 10.1. The van der Waals surface area contributed by atoms with E-state index in [0.29, 0.717) is 56.8 Å². The van der Waals surface area contributed by atoms with Gasteiger partial charge in [-0.25, -0.2) is 8.78 Å². The summed E-state index contributed by atoms with van der Waals surface area (Å²) in [5.74, 6) is -1.69. The van der Waals surface area contributed by atoms with Crippen molar-refractivity contribution in [2.75, 3.05) is 0 Å². The van der Waals surface area contributed by atoms with Gasteiger partial charge in [0, 0.05) is 23.9 Å². The smallest absolute Gasteiger partial charge is 0.261 e. The monoisotopic (exact) mass is 595 g/mol. The topological polar surface area (TPSA) is 124 Å². The first kappa shape index (κ1) is 31.0. The molecule has 0 spiro atoms. The summed E-state index contributed by atoms with van der Waals surface area (Å²) in [6, 6.07) is 6.87. The number of halogens is 2. The van der Waals surface area contributed by atoms with Gasteiger partial charge in [-0.3, -0.25) is 14.6 Å². The lowest BCUT2D eigenvalue weighted by molar-refractivity contribution is 0.0953. The molecule has 0 aliphatic rings. The van der Waals surface area contributed by atoms with Crippen molar-refractivity contribution >= 4 is 23.2 Å². The minimum Gasteiger partial charge on any atom is -0.421 e. The van der Waals surface area contributed by atoms with Crippen molar-refractivity contribution in [2.24, 2.45) is 17.6 Å². The van der Waals surface area contributed by atoms with E-state index in [9.17, 15) is 18.4 Å². The number of carbonyl (C=O) groups is 2. The van der Waals surface area contributed by atoms with Gasteiger partial charge < -0.3 is 15.5 Å². The van der Waals surface area contributed by atoms with E-state index in [1.54, 1.807) is 19.1 Å². The Morgan fingerprint density at radius 1 is 1.00 bits per heavy atom. The summed E-state index contributed by atoms with van der Waals surface area (Å²) in [5, 5.41) is 11.0. The molecule has 0 atom stereocenters. The third-order valence-electron chi connectivity index (χ3n) is 6.64. The van der Waals surface area contributed by atoms with Gasteiger partial charge in [0.25, 0.3) is 11.8 Å². The van der Waals surface area contributed by atoms with Crippen LogP contribution in [0.1, 0.15) is 83.4 Å². The Kier molecular flexibility index (Phi) is 9.82. The number of aryl methyl sites for hydroxylation is 2. The number of rotatable bonds is 12. The van der Waals surface area contributed by atoms with Crippen LogP contribution >= 0.6 is 11.3 Å². The molecule has 3 heterocycles. The number of pyridine rings is 1. The largest absolute Gasteiger partial charge is 0.421 e. The van der Waals surface area contributed by atoms with Crippen molar-refractivity contribution in [2.45, 2.75) is 66.8 Å². The average Bonchev–Trinajstić information content (AvgIpc) is 3.57. The highest BCUT2D eigenvalue weighted by molar-refractivity contribution is 7.17. The maximum atomic E-state index is 13.6. The van der Waals surface area contributed by atoms with Crippen molar-refractivity contribution in [3.63, 3.8) is 0 Å². The SMILES string of the molecule is Cc1nnc(-c2c(CCCC(C)C)nc(CC(C)C)c(C(N)=O)c2-c2ccc(C(=O)NCc3ccc(F)c(F)c3)s2)o1. The lowest BCUT2D eigenvalue weighted by Gasteiger charge is -2.19. The van der Waals surface area contributed by atoms with Gasteiger partial charge in [0.2, 0.25) is 11.8 Å². The van der Waals surface area contributed by atoms with Crippen LogP contribution in [-0.4, -0.2) is 27.0 Å². The number of nitrogens with one attached hydrogen (secondary N) is 1. The Balaban J connectivity index is 1.81. The van der Waals surface area contributed by atoms with E-state index in [1.807, 2.05) is 13.8 Å². The molecule has 0 saturated carbocycles. The summed E-state index contributed by atoms with van der Waals surface area (Å²) in [6.07, 6.45) is 3.00. The third kappa shape index (κ3) is 7.25. The van der Waals surface area contributed by atoms with Gasteiger partial charge in [-0.05, 0) is 60.9 Å². The first-order valence-electron chi connectivity index (χ1n) is 13.9. The molecule has 2 amide bonds. The minimum absolute atomic E-state index is 0.0100. The summed E-state index contributed by atoms with van der Waals surface area (Å²) in [7, 11) is 0. The second kappa shape index (κ2) is 13.3. The van der Waals surface area contributed by atoms with Crippen molar-refractivity contribution in [1.82, 2.24) is 20.5 Å². The molecule has 0 unspecified atom stereocenters. The second-order valence-electron chi connectivity index (χ2n) is 11.1. The number of hydrogen-bond donors (Lipinski definition) is 2. The molecular formula is C31H35F2N5O3S. The van der Waals surface area contributed by atoms with Crippen LogP contribution in [0.2, 0.25) is 0 Å². The van der Waals surface area contributed by atoms with Crippen molar-refractivity contribution in [1.29, 1.82) is 0 Å². The highest BCUT2D eigenvalue weighted by atomic mass is 32.1. The van der Waals surface area contributed by atoms with Crippen molar-refractivity contribution in [3.05, 3.63) is 75.2 Å². The van der Waals surface area contributed by atoms with E-state index in [4.69, 9.17) is 15.1 Å². The molecule has 3 N–H and O–H groups in total. The van der Waals surface area contributed by atoms with Gasteiger partial charge in [0.05, 0.1) is 27.4 Å². The Bertz CT molecular complexity index is 1600. The van der Waals surface area contributed by atoms with E-state index in [0.717, 1.165) is 30.7 Å². The molecule has 0 aliphatic carbocycles. The zero-order valence-corrected chi connectivity index (χ0v) is 25.2. The molecule has 0 fully saturated rings. The van der Waals surface area contributed by atoms with Crippen LogP contribution in [0.5, 0.6) is 0 Å². The maximum Gasteiger partial charge on any atom is 0.261 e. The number of thiophene rings is 1. The second-order valence-corrected chi connectivity index (χ2v) is 12.2. The number of amides is 2. The molecule has 42 heavy (non-hydrogen) atoms. The fraction of sp³-hybridized carbons (Fsp3) is 0.387. The first-order valence-corrected chi connectivity index (χ1v) is 14.7. The number of benzene rings is 1. The van der Waals surface area contributed by atoms with Crippen molar-refractivity contribution < 1.29 is 22.8 Å². The standard InChI is InChI=1S/C31H35F2N5O3S/c1-16(2)7-6-8-22-27(31-38-37-18(5)41-31)28(26(29(34)39)23(36-22)13-17(3)4)24-11-12-25(42-24)30(40)35-15-19-9-10-20(32)21(33)14-19/h9-12,14,16-17H,6-8,13,15H2,1-5H3,(H2,34,39)(H,35,40). The van der Waals surface area contributed by atoms with Gasteiger partial charge in [0.1, 0.15) is 0 Å². The minimum atomic E-state index is -0.984. The number of aromatic nitrogens is 3. The average molecular weight is 596 g/mol. The van der Waals surface area contributed by atoms with Gasteiger partial charge in [-0.15, -0.1) is 21.5 Å². The van der Waals surface area contributed by atoms with Gasteiger partial charge in [-0.2, -0.15) is 0 Å². The summed E-state index contributed by atoms with van der Waals surface area (Å²) in [5.41, 5.74) is 9.05.